The van der Waals surface area contributed by atoms with Gasteiger partial charge in [-0.3, -0.25) is 9.59 Å². The summed E-state index contributed by atoms with van der Waals surface area (Å²) in [5, 5.41) is 2.66. The molecule has 0 unspecified atom stereocenters. The van der Waals surface area contributed by atoms with E-state index in [9.17, 15) is 9.59 Å². The highest BCUT2D eigenvalue weighted by Gasteiger charge is 2.26. The van der Waals surface area contributed by atoms with Gasteiger partial charge in [0.1, 0.15) is 0 Å². The summed E-state index contributed by atoms with van der Waals surface area (Å²) in [5.74, 6) is -0.926. The summed E-state index contributed by atoms with van der Waals surface area (Å²) in [6, 6.07) is 6.26. The van der Waals surface area contributed by atoms with E-state index < -0.39 is 11.8 Å². The van der Waals surface area contributed by atoms with Gasteiger partial charge in [-0.15, -0.1) is 0 Å². The minimum absolute atomic E-state index is 0.0207. The highest BCUT2D eigenvalue weighted by molar-refractivity contribution is 6.35. The Labute approximate surface area is 132 Å². The van der Waals surface area contributed by atoms with Crippen molar-refractivity contribution in [1.82, 2.24) is 10.2 Å². The topological polar surface area (TPSA) is 52.7 Å². The van der Waals surface area contributed by atoms with Gasteiger partial charge < -0.3 is 15.1 Å². The van der Waals surface area contributed by atoms with E-state index in [1.165, 1.54) is 16.8 Å². The number of benzene rings is 1. The number of amides is 2. The van der Waals surface area contributed by atoms with E-state index in [4.69, 9.17) is 0 Å². The summed E-state index contributed by atoms with van der Waals surface area (Å²) in [5.41, 5.74) is 3.77. The lowest BCUT2D eigenvalue weighted by Gasteiger charge is -2.36. The van der Waals surface area contributed by atoms with E-state index in [2.05, 4.69) is 42.3 Å². The molecule has 1 saturated heterocycles. The number of nitrogens with zero attached hydrogens (tertiary/aromatic N) is 2. The first kappa shape index (κ1) is 16.3. The maximum atomic E-state index is 12.1. The van der Waals surface area contributed by atoms with E-state index in [1.807, 2.05) is 13.8 Å². The molecule has 1 heterocycles. The van der Waals surface area contributed by atoms with E-state index in [0.29, 0.717) is 13.1 Å². The standard InChI is InChI=1S/C17H25N3O2/c1-12(2)18-16(21)17(22)20-10-8-19(9-11-20)15-7-5-6-13(3)14(15)4/h5-7,12H,8-11H2,1-4H3,(H,18,21). The Bertz CT molecular complexity index is 561. The zero-order valence-corrected chi connectivity index (χ0v) is 13.8. The van der Waals surface area contributed by atoms with Crippen LogP contribution >= 0.6 is 0 Å². The quantitative estimate of drug-likeness (QED) is 0.842. The van der Waals surface area contributed by atoms with Crippen LogP contribution in [0.3, 0.4) is 0 Å². The van der Waals surface area contributed by atoms with Gasteiger partial charge in [0.05, 0.1) is 0 Å². The van der Waals surface area contributed by atoms with Gasteiger partial charge in [0, 0.05) is 37.9 Å². The van der Waals surface area contributed by atoms with Gasteiger partial charge in [-0.25, -0.2) is 0 Å². The van der Waals surface area contributed by atoms with Gasteiger partial charge in [-0.05, 0) is 44.9 Å². The summed E-state index contributed by atoms with van der Waals surface area (Å²) in [7, 11) is 0. The first-order chi connectivity index (χ1) is 10.4. The zero-order chi connectivity index (χ0) is 16.3. The Kier molecular flexibility index (Phi) is 5.06. The maximum Gasteiger partial charge on any atom is 0.312 e. The second-order valence-corrected chi connectivity index (χ2v) is 6.13. The molecule has 2 amide bonds. The van der Waals surface area contributed by atoms with Crippen molar-refractivity contribution in [3.05, 3.63) is 29.3 Å². The molecule has 22 heavy (non-hydrogen) atoms. The summed E-state index contributed by atoms with van der Waals surface area (Å²) < 4.78 is 0. The summed E-state index contributed by atoms with van der Waals surface area (Å²) in [4.78, 5) is 27.8. The van der Waals surface area contributed by atoms with E-state index in [0.717, 1.165) is 13.1 Å². The fourth-order valence-corrected chi connectivity index (χ4v) is 2.70. The van der Waals surface area contributed by atoms with Crippen molar-refractivity contribution in [3.8, 4) is 0 Å². The molecule has 0 saturated carbocycles. The first-order valence-electron chi connectivity index (χ1n) is 7.81. The molecule has 1 N–H and O–H groups in total. The smallest absolute Gasteiger partial charge is 0.312 e. The van der Waals surface area contributed by atoms with Crippen LogP contribution in [0.25, 0.3) is 0 Å². The Morgan fingerprint density at radius 3 is 2.32 bits per heavy atom. The van der Waals surface area contributed by atoms with Gasteiger partial charge in [0.25, 0.3) is 0 Å². The number of piperazine rings is 1. The number of nitrogens with one attached hydrogen (secondary N) is 1. The molecule has 1 aliphatic rings. The van der Waals surface area contributed by atoms with E-state index >= 15 is 0 Å². The highest BCUT2D eigenvalue weighted by atomic mass is 16.2. The van der Waals surface area contributed by atoms with Gasteiger partial charge in [-0.1, -0.05) is 12.1 Å². The SMILES string of the molecule is Cc1cccc(N2CCN(C(=O)C(=O)NC(C)C)CC2)c1C. The fourth-order valence-electron chi connectivity index (χ4n) is 2.70. The summed E-state index contributed by atoms with van der Waals surface area (Å²) in [6.07, 6.45) is 0. The number of hydrogen-bond donors (Lipinski definition) is 1. The average molecular weight is 303 g/mol. The molecular weight excluding hydrogens is 278 g/mol. The second kappa shape index (κ2) is 6.81. The molecule has 0 atom stereocenters. The second-order valence-electron chi connectivity index (χ2n) is 6.13. The molecule has 1 aliphatic heterocycles. The summed E-state index contributed by atoms with van der Waals surface area (Å²) >= 11 is 0. The monoisotopic (exact) mass is 303 g/mol. The van der Waals surface area contributed by atoms with Crippen molar-refractivity contribution in [2.75, 3.05) is 31.1 Å². The number of hydrogen-bond acceptors (Lipinski definition) is 3. The molecule has 0 radical (unpaired) electrons. The lowest BCUT2D eigenvalue weighted by molar-refractivity contribution is -0.146. The largest absolute Gasteiger partial charge is 0.368 e. The number of carbonyl (C=O) groups is 2. The van der Waals surface area contributed by atoms with Crippen LogP contribution in [0.2, 0.25) is 0 Å². The Morgan fingerprint density at radius 1 is 1.09 bits per heavy atom. The van der Waals surface area contributed by atoms with Crippen LogP contribution < -0.4 is 10.2 Å². The van der Waals surface area contributed by atoms with Crippen LogP contribution in [0.15, 0.2) is 18.2 Å². The molecule has 1 aromatic carbocycles. The summed E-state index contributed by atoms with van der Waals surface area (Å²) in [6.45, 7) is 10.6. The van der Waals surface area contributed by atoms with E-state index in [-0.39, 0.29) is 6.04 Å². The molecule has 120 valence electrons. The molecule has 0 bridgehead atoms. The lowest BCUT2D eigenvalue weighted by atomic mass is 10.1. The van der Waals surface area contributed by atoms with Gasteiger partial charge >= 0.3 is 11.8 Å². The van der Waals surface area contributed by atoms with E-state index in [1.54, 1.807) is 4.90 Å². The third kappa shape index (κ3) is 3.59. The predicted molar refractivity (Wildman–Crippen MR) is 88.0 cm³/mol. The third-order valence-electron chi connectivity index (χ3n) is 4.10. The Morgan fingerprint density at radius 2 is 1.73 bits per heavy atom. The molecular formula is C17H25N3O2. The van der Waals surface area contributed by atoms with Crippen molar-refractivity contribution < 1.29 is 9.59 Å². The van der Waals surface area contributed by atoms with Crippen molar-refractivity contribution in [2.24, 2.45) is 0 Å². The Balaban J connectivity index is 1.97. The van der Waals surface area contributed by atoms with Crippen molar-refractivity contribution >= 4 is 17.5 Å². The minimum atomic E-state index is -0.504. The fraction of sp³-hybridized carbons (Fsp3) is 0.529. The van der Waals surface area contributed by atoms with Gasteiger partial charge in [0.15, 0.2) is 0 Å². The maximum absolute atomic E-state index is 12.1. The number of aryl methyl sites for hydroxylation is 1. The molecule has 0 spiro atoms. The molecule has 0 aliphatic carbocycles. The molecule has 5 nitrogen and oxygen atoms in total. The first-order valence-corrected chi connectivity index (χ1v) is 7.81. The molecule has 2 rings (SSSR count). The van der Waals surface area contributed by atoms with Crippen LogP contribution in [0.4, 0.5) is 5.69 Å². The van der Waals surface area contributed by atoms with Crippen molar-refractivity contribution in [2.45, 2.75) is 33.7 Å². The van der Waals surface area contributed by atoms with Crippen LogP contribution in [-0.4, -0.2) is 48.9 Å². The predicted octanol–water partition coefficient (Wildman–Crippen LogP) is 1.48. The van der Waals surface area contributed by atoms with Gasteiger partial charge in [0.2, 0.25) is 0 Å². The highest BCUT2D eigenvalue weighted by Crippen LogP contribution is 2.23. The Hall–Kier alpha value is -2.04. The minimum Gasteiger partial charge on any atom is -0.368 e. The lowest BCUT2D eigenvalue weighted by Crippen LogP contribution is -2.53. The number of carbonyl (C=O) groups excluding carboxylic acids is 2. The molecule has 1 fully saturated rings. The van der Waals surface area contributed by atoms with Crippen LogP contribution in [0.1, 0.15) is 25.0 Å². The molecule has 5 heteroatoms. The number of anilines is 1. The van der Waals surface area contributed by atoms with Crippen molar-refractivity contribution in [3.63, 3.8) is 0 Å². The van der Waals surface area contributed by atoms with Crippen LogP contribution in [0, 0.1) is 13.8 Å². The average Bonchev–Trinajstić information content (AvgIpc) is 2.49. The molecule has 1 aromatic rings. The van der Waals surface area contributed by atoms with Gasteiger partial charge in [-0.2, -0.15) is 0 Å². The van der Waals surface area contributed by atoms with Crippen LogP contribution in [-0.2, 0) is 9.59 Å². The van der Waals surface area contributed by atoms with Crippen LogP contribution in [0.5, 0.6) is 0 Å². The normalized spacial score (nSPS) is 15.1. The molecule has 0 aromatic heterocycles. The zero-order valence-electron chi connectivity index (χ0n) is 13.8. The third-order valence-corrected chi connectivity index (χ3v) is 4.10. The number of rotatable bonds is 2. The van der Waals surface area contributed by atoms with Crippen molar-refractivity contribution in [1.29, 1.82) is 0 Å².